The van der Waals surface area contributed by atoms with E-state index >= 15 is 0 Å². The molecule has 1 fully saturated rings. The molecule has 5 rings (SSSR count). The van der Waals surface area contributed by atoms with E-state index in [0.717, 1.165) is 54.4 Å². The van der Waals surface area contributed by atoms with Gasteiger partial charge in [-0.2, -0.15) is 5.10 Å². The van der Waals surface area contributed by atoms with Crippen LogP contribution in [0.5, 0.6) is 5.75 Å². The van der Waals surface area contributed by atoms with Gasteiger partial charge in [-0.05, 0) is 32.9 Å². The van der Waals surface area contributed by atoms with Gasteiger partial charge in [0.2, 0.25) is 5.72 Å². The van der Waals surface area contributed by atoms with Crippen LogP contribution in [0.4, 0.5) is 0 Å². The summed E-state index contributed by atoms with van der Waals surface area (Å²) in [7, 11) is 0. The molecule has 0 aliphatic carbocycles. The minimum Gasteiger partial charge on any atom is -0.466 e. The largest absolute Gasteiger partial charge is 0.466 e. The molecule has 0 saturated carbocycles. The Balaban J connectivity index is 1.56. The van der Waals surface area contributed by atoms with Crippen molar-refractivity contribution in [3.8, 4) is 5.75 Å². The van der Waals surface area contributed by atoms with Gasteiger partial charge in [-0.3, -0.25) is 0 Å². The number of halogens is 1. The first kappa shape index (κ1) is 19.0. The number of fused-ring (bicyclic) bond motifs is 4. The zero-order chi connectivity index (χ0) is 20.2. The van der Waals surface area contributed by atoms with Crippen molar-refractivity contribution in [3.63, 3.8) is 0 Å². The van der Waals surface area contributed by atoms with E-state index in [0.29, 0.717) is 6.04 Å². The maximum absolute atomic E-state index is 6.74. The minimum absolute atomic E-state index is 0.213. The van der Waals surface area contributed by atoms with Crippen molar-refractivity contribution in [1.82, 2.24) is 5.01 Å². The van der Waals surface area contributed by atoms with Gasteiger partial charge in [-0.15, -0.1) is 0 Å². The van der Waals surface area contributed by atoms with E-state index in [-0.39, 0.29) is 11.8 Å². The summed E-state index contributed by atoms with van der Waals surface area (Å²) in [5, 5.41) is 8.20. The van der Waals surface area contributed by atoms with Crippen LogP contribution < -0.4 is 9.64 Å². The topological polar surface area (TPSA) is 29.3 Å². The van der Waals surface area contributed by atoms with E-state index < -0.39 is 0 Å². The molecule has 29 heavy (non-hydrogen) atoms. The van der Waals surface area contributed by atoms with Gasteiger partial charge < -0.3 is 9.64 Å². The Hall–Kier alpha value is -2.04. The average Bonchev–Trinajstić information content (AvgIpc) is 3.16. The molecule has 1 saturated heterocycles. The number of nitrogens with one attached hydrogen (secondary N) is 1. The Kier molecular flexibility index (Phi) is 4.60. The first-order valence-electron chi connectivity index (χ1n) is 10.7. The predicted molar refractivity (Wildman–Crippen MR) is 117 cm³/mol. The van der Waals surface area contributed by atoms with Crippen molar-refractivity contribution in [3.05, 3.63) is 64.2 Å². The van der Waals surface area contributed by atoms with E-state index in [2.05, 4.69) is 50.0 Å². The third-order valence-electron chi connectivity index (χ3n) is 6.83. The summed E-state index contributed by atoms with van der Waals surface area (Å²) in [6.07, 6.45) is 2.85. The van der Waals surface area contributed by atoms with Crippen LogP contribution in [-0.2, 0) is 0 Å². The summed E-state index contributed by atoms with van der Waals surface area (Å²) in [4.78, 5) is 1.65. The van der Waals surface area contributed by atoms with Crippen LogP contribution in [0.3, 0.4) is 0 Å². The molecule has 1 atom stereocenters. The van der Waals surface area contributed by atoms with Gasteiger partial charge in [0, 0.05) is 22.6 Å². The lowest BCUT2D eigenvalue weighted by molar-refractivity contribution is -0.929. The molecule has 0 aromatic heterocycles. The van der Waals surface area contributed by atoms with Gasteiger partial charge >= 0.3 is 0 Å². The molecule has 0 radical (unpaired) electrons. The molecular formula is C24H29ClN3O+. The Morgan fingerprint density at radius 2 is 1.93 bits per heavy atom. The molecule has 4 nitrogen and oxygen atoms in total. The normalized spacial score (nSPS) is 28.2. The van der Waals surface area contributed by atoms with Crippen molar-refractivity contribution in [2.45, 2.75) is 57.8 Å². The maximum atomic E-state index is 6.74. The molecule has 3 aliphatic heterocycles. The van der Waals surface area contributed by atoms with Crippen molar-refractivity contribution in [1.29, 1.82) is 0 Å². The second-order valence-corrected chi connectivity index (χ2v) is 9.40. The molecule has 1 spiro atoms. The van der Waals surface area contributed by atoms with Crippen LogP contribution in [-0.4, -0.2) is 35.6 Å². The van der Waals surface area contributed by atoms with Crippen molar-refractivity contribution in [2.75, 3.05) is 13.1 Å². The number of rotatable bonds is 2. The molecule has 3 aliphatic rings. The molecule has 0 amide bonds. The van der Waals surface area contributed by atoms with E-state index in [9.17, 15) is 0 Å². The number of hydrogen-bond acceptors (Lipinski definition) is 3. The van der Waals surface area contributed by atoms with E-state index in [1.165, 1.54) is 11.1 Å². The Bertz CT molecular complexity index is 962. The lowest BCUT2D eigenvalue weighted by Gasteiger charge is -2.50. The highest BCUT2D eigenvalue weighted by molar-refractivity contribution is 6.34. The number of hydrogen-bond donors (Lipinski definition) is 1. The molecule has 0 unspecified atom stereocenters. The maximum Gasteiger partial charge on any atom is 0.208 e. The number of piperidine rings is 1. The molecule has 5 heteroatoms. The summed E-state index contributed by atoms with van der Waals surface area (Å²) >= 11 is 6.52. The molecule has 0 bridgehead atoms. The van der Waals surface area contributed by atoms with Crippen LogP contribution in [0.1, 0.15) is 55.8 Å². The smallest absolute Gasteiger partial charge is 0.208 e. The molecule has 2 aromatic carbocycles. The Morgan fingerprint density at radius 1 is 1.17 bits per heavy atom. The number of aryl methyl sites for hydroxylation is 1. The fraction of sp³-hybridized carbons (Fsp3) is 0.458. The van der Waals surface area contributed by atoms with Gasteiger partial charge in [0.05, 0.1) is 43.7 Å². The van der Waals surface area contributed by atoms with Crippen molar-refractivity contribution < 1.29 is 9.64 Å². The zero-order valence-electron chi connectivity index (χ0n) is 17.4. The highest BCUT2D eigenvalue weighted by Crippen LogP contribution is 2.49. The van der Waals surface area contributed by atoms with Gasteiger partial charge in [-0.25, -0.2) is 5.01 Å². The van der Waals surface area contributed by atoms with Crippen LogP contribution in [0.15, 0.2) is 47.6 Å². The fourth-order valence-electron chi connectivity index (χ4n) is 5.13. The quantitative estimate of drug-likeness (QED) is 0.811. The third kappa shape index (κ3) is 3.13. The number of hydrazone groups is 1. The predicted octanol–water partition coefficient (Wildman–Crippen LogP) is 3.98. The highest BCUT2D eigenvalue weighted by atomic mass is 35.5. The van der Waals surface area contributed by atoms with E-state index in [4.69, 9.17) is 21.4 Å². The highest BCUT2D eigenvalue weighted by Gasteiger charge is 2.53. The first-order chi connectivity index (χ1) is 14.0. The van der Waals surface area contributed by atoms with Crippen molar-refractivity contribution in [2.24, 2.45) is 5.10 Å². The summed E-state index contributed by atoms with van der Waals surface area (Å²) in [6, 6.07) is 15.5. The second-order valence-electron chi connectivity index (χ2n) is 8.99. The molecule has 1 N–H and O–H groups in total. The standard InChI is InChI=1S/C24H28ClN3O/c1-16(2)27-12-10-24(11-13-27)28-22(19-14-17(3)8-9-23(19)29-24)15-21(26-28)18-6-4-5-7-20(18)25/h4-9,14,16,22H,10-13,15H2,1-3H3/p+1/t22-/m0/s1. The Labute approximate surface area is 178 Å². The second kappa shape index (κ2) is 7.03. The molecular weight excluding hydrogens is 382 g/mol. The van der Waals surface area contributed by atoms with Crippen LogP contribution >= 0.6 is 11.6 Å². The number of quaternary nitrogens is 1. The number of benzene rings is 2. The molecule has 152 valence electrons. The fourth-order valence-corrected chi connectivity index (χ4v) is 5.37. The Morgan fingerprint density at radius 3 is 2.66 bits per heavy atom. The first-order valence-corrected chi connectivity index (χ1v) is 11.1. The van der Waals surface area contributed by atoms with Crippen LogP contribution in [0.25, 0.3) is 0 Å². The summed E-state index contributed by atoms with van der Waals surface area (Å²) in [5.41, 5.74) is 4.26. The average molecular weight is 411 g/mol. The van der Waals surface area contributed by atoms with Gasteiger partial charge in [0.1, 0.15) is 5.75 Å². The number of likely N-dealkylation sites (tertiary alicyclic amines) is 1. The monoisotopic (exact) mass is 410 g/mol. The van der Waals surface area contributed by atoms with Crippen molar-refractivity contribution >= 4 is 17.3 Å². The van der Waals surface area contributed by atoms with Crippen LogP contribution in [0, 0.1) is 6.92 Å². The number of nitrogens with zero attached hydrogens (tertiary/aromatic N) is 2. The van der Waals surface area contributed by atoms with Crippen LogP contribution in [0.2, 0.25) is 5.02 Å². The van der Waals surface area contributed by atoms with E-state index in [1.54, 1.807) is 4.90 Å². The lowest BCUT2D eigenvalue weighted by Crippen LogP contribution is -3.16. The zero-order valence-corrected chi connectivity index (χ0v) is 18.2. The van der Waals surface area contributed by atoms with Gasteiger partial charge in [0.25, 0.3) is 0 Å². The summed E-state index contributed by atoms with van der Waals surface area (Å²) in [5.74, 6) is 1.03. The summed E-state index contributed by atoms with van der Waals surface area (Å²) in [6.45, 7) is 8.97. The van der Waals surface area contributed by atoms with E-state index in [1.807, 2.05) is 18.2 Å². The summed E-state index contributed by atoms with van der Waals surface area (Å²) < 4.78 is 6.74. The molecule has 3 heterocycles. The SMILES string of the molecule is Cc1ccc2c(c1)[C@@H]1CC(c3ccccc3Cl)=NN1C1(CC[NH+](C(C)C)CC1)O2. The number of ether oxygens (including phenoxy) is 1. The minimum atomic E-state index is -0.353. The van der Waals surface area contributed by atoms with Gasteiger partial charge in [-0.1, -0.05) is 47.5 Å². The lowest BCUT2D eigenvalue weighted by atomic mass is 9.90. The molecule has 2 aromatic rings. The van der Waals surface area contributed by atoms with Gasteiger partial charge in [0.15, 0.2) is 0 Å². The third-order valence-corrected chi connectivity index (χ3v) is 7.16.